The minimum atomic E-state index is -0.182. The van der Waals surface area contributed by atoms with Crippen molar-refractivity contribution in [3.8, 4) is 11.4 Å². The van der Waals surface area contributed by atoms with Gasteiger partial charge in [0, 0.05) is 27.8 Å². The third-order valence-corrected chi connectivity index (χ3v) is 4.91. The highest BCUT2D eigenvalue weighted by Gasteiger charge is 2.23. The Kier molecular flexibility index (Phi) is 4.71. The number of amides is 1. The zero-order valence-electron chi connectivity index (χ0n) is 14.1. The fraction of sp³-hybridized carbons (Fsp3) is 0.250. The van der Waals surface area contributed by atoms with E-state index >= 15 is 0 Å². The van der Waals surface area contributed by atoms with Crippen LogP contribution in [-0.4, -0.2) is 16.0 Å². The highest BCUT2D eigenvalue weighted by Crippen LogP contribution is 2.33. The maximum absolute atomic E-state index is 12.3. The largest absolute Gasteiger partial charge is 0.339 e. The number of carbonyl (C=O) groups excluding carboxylic acids is 1. The van der Waals surface area contributed by atoms with Crippen molar-refractivity contribution < 1.29 is 9.32 Å². The van der Waals surface area contributed by atoms with Crippen molar-refractivity contribution in [1.29, 1.82) is 0 Å². The number of anilines is 1. The zero-order valence-corrected chi connectivity index (χ0v) is 14.9. The highest BCUT2D eigenvalue weighted by atomic mass is 35.5. The van der Waals surface area contributed by atoms with Crippen LogP contribution in [0.2, 0.25) is 5.02 Å². The number of aromatic nitrogens is 2. The first-order valence-electron chi connectivity index (χ1n) is 8.70. The Morgan fingerprint density at radius 2 is 1.73 bits per heavy atom. The van der Waals surface area contributed by atoms with Gasteiger partial charge in [-0.15, -0.1) is 0 Å². The van der Waals surface area contributed by atoms with Crippen molar-refractivity contribution in [2.75, 3.05) is 5.32 Å². The molecule has 1 aliphatic rings. The Morgan fingerprint density at radius 1 is 1.04 bits per heavy atom. The van der Waals surface area contributed by atoms with Gasteiger partial charge in [0.05, 0.1) is 0 Å². The topological polar surface area (TPSA) is 68.0 Å². The van der Waals surface area contributed by atoms with Gasteiger partial charge >= 0.3 is 0 Å². The van der Waals surface area contributed by atoms with Gasteiger partial charge in [-0.1, -0.05) is 41.7 Å². The summed E-state index contributed by atoms with van der Waals surface area (Å²) in [6.45, 7) is 0. The Bertz CT molecular complexity index is 898. The lowest BCUT2D eigenvalue weighted by molar-refractivity contribution is 0.102. The van der Waals surface area contributed by atoms with Gasteiger partial charge < -0.3 is 9.84 Å². The van der Waals surface area contributed by atoms with E-state index in [9.17, 15) is 4.79 Å². The lowest BCUT2D eigenvalue weighted by Crippen LogP contribution is -2.11. The number of hydrogen-bond donors (Lipinski definition) is 1. The Balaban J connectivity index is 1.46. The first-order chi connectivity index (χ1) is 12.7. The Morgan fingerprint density at radius 3 is 2.42 bits per heavy atom. The molecule has 1 heterocycles. The molecule has 5 nitrogen and oxygen atoms in total. The van der Waals surface area contributed by atoms with Gasteiger partial charge in [-0.05, 0) is 49.2 Å². The zero-order chi connectivity index (χ0) is 17.9. The fourth-order valence-corrected chi connectivity index (χ4v) is 3.32. The molecule has 0 saturated heterocycles. The first kappa shape index (κ1) is 16.8. The molecule has 0 radical (unpaired) electrons. The van der Waals surface area contributed by atoms with Crippen molar-refractivity contribution in [1.82, 2.24) is 10.1 Å². The van der Waals surface area contributed by atoms with Gasteiger partial charge in [0.2, 0.25) is 11.7 Å². The molecule has 1 fully saturated rings. The third-order valence-electron chi connectivity index (χ3n) is 4.65. The molecular weight excluding hydrogens is 350 g/mol. The smallest absolute Gasteiger partial charge is 0.255 e. The molecule has 1 saturated carbocycles. The van der Waals surface area contributed by atoms with E-state index in [0.29, 0.717) is 28.0 Å². The van der Waals surface area contributed by atoms with E-state index in [-0.39, 0.29) is 5.91 Å². The molecule has 0 atom stereocenters. The van der Waals surface area contributed by atoms with E-state index in [0.717, 1.165) is 24.3 Å². The molecule has 3 aromatic rings. The van der Waals surface area contributed by atoms with Crippen LogP contribution in [0, 0.1) is 0 Å². The summed E-state index contributed by atoms with van der Waals surface area (Å²) in [6.07, 6.45) is 4.68. The van der Waals surface area contributed by atoms with Crippen LogP contribution in [0.25, 0.3) is 11.4 Å². The first-order valence-corrected chi connectivity index (χ1v) is 9.08. The lowest BCUT2D eigenvalue weighted by Gasteiger charge is -2.05. The minimum Gasteiger partial charge on any atom is -0.339 e. The number of nitrogens with one attached hydrogen (secondary N) is 1. The number of halogens is 1. The molecule has 4 rings (SSSR count). The summed E-state index contributed by atoms with van der Waals surface area (Å²) in [6, 6.07) is 14.2. The molecule has 0 unspecified atom stereocenters. The molecule has 0 bridgehead atoms. The van der Waals surface area contributed by atoms with Crippen LogP contribution in [0.1, 0.15) is 47.8 Å². The van der Waals surface area contributed by atoms with Crippen LogP contribution in [0.3, 0.4) is 0 Å². The average Bonchev–Trinajstić information content (AvgIpc) is 3.35. The van der Waals surface area contributed by atoms with Gasteiger partial charge in [0.25, 0.3) is 5.91 Å². The Labute approximate surface area is 156 Å². The summed E-state index contributed by atoms with van der Waals surface area (Å²) in [5.41, 5.74) is 2.09. The molecule has 6 heteroatoms. The number of rotatable bonds is 4. The van der Waals surface area contributed by atoms with E-state index < -0.39 is 0 Å². The predicted molar refractivity (Wildman–Crippen MR) is 100 cm³/mol. The molecule has 2 aromatic carbocycles. The molecule has 1 aromatic heterocycles. The lowest BCUT2D eigenvalue weighted by atomic mass is 10.1. The molecular formula is C20H18ClN3O2. The van der Waals surface area contributed by atoms with Gasteiger partial charge in [-0.2, -0.15) is 4.98 Å². The van der Waals surface area contributed by atoms with Gasteiger partial charge in [-0.25, -0.2) is 0 Å². The molecule has 132 valence electrons. The summed E-state index contributed by atoms with van der Waals surface area (Å²) >= 11 is 5.85. The van der Waals surface area contributed by atoms with Gasteiger partial charge in [0.15, 0.2) is 0 Å². The molecule has 0 aliphatic heterocycles. The molecule has 1 aliphatic carbocycles. The van der Waals surface area contributed by atoms with Crippen LogP contribution in [0.15, 0.2) is 53.1 Å². The molecule has 1 amide bonds. The molecule has 1 N–H and O–H groups in total. The van der Waals surface area contributed by atoms with E-state index in [4.69, 9.17) is 16.1 Å². The second kappa shape index (κ2) is 7.30. The third kappa shape index (κ3) is 3.63. The van der Waals surface area contributed by atoms with Crippen molar-refractivity contribution in [3.05, 3.63) is 65.0 Å². The average molecular weight is 368 g/mol. The Hall–Kier alpha value is -2.66. The second-order valence-electron chi connectivity index (χ2n) is 6.48. The number of benzene rings is 2. The number of carbonyl (C=O) groups is 1. The van der Waals surface area contributed by atoms with Crippen LogP contribution >= 0.6 is 11.6 Å². The van der Waals surface area contributed by atoms with E-state index in [1.54, 1.807) is 36.4 Å². The van der Waals surface area contributed by atoms with E-state index in [1.165, 1.54) is 12.8 Å². The summed E-state index contributed by atoms with van der Waals surface area (Å²) < 4.78 is 5.42. The number of hydrogen-bond acceptors (Lipinski definition) is 4. The normalized spacial score (nSPS) is 14.5. The minimum absolute atomic E-state index is 0.182. The summed E-state index contributed by atoms with van der Waals surface area (Å²) in [4.78, 5) is 16.9. The quantitative estimate of drug-likeness (QED) is 0.679. The van der Waals surface area contributed by atoms with Gasteiger partial charge in [0.1, 0.15) is 0 Å². The van der Waals surface area contributed by atoms with Crippen molar-refractivity contribution in [3.63, 3.8) is 0 Å². The number of nitrogens with zero attached hydrogens (tertiary/aromatic N) is 2. The standard InChI is InChI=1S/C20H18ClN3O2/c21-16-9-11-17(12-10-16)22-19(25)14-7-5-13(6-8-14)18-23-20(26-24-18)15-3-1-2-4-15/h5-12,15H,1-4H2,(H,22,25). The van der Waals surface area contributed by atoms with E-state index in [1.807, 2.05) is 12.1 Å². The van der Waals surface area contributed by atoms with Crippen LogP contribution in [0.4, 0.5) is 5.69 Å². The SMILES string of the molecule is O=C(Nc1ccc(Cl)cc1)c1ccc(-c2noc(C3CCCC3)n2)cc1. The van der Waals surface area contributed by atoms with Crippen LogP contribution in [0.5, 0.6) is 0 Å². The fourth-order valence-electron chi connectivity index (χ4n) is 3.20. The van der Waals surface area contributed by atoms with Crippen molar-refractivity contribution in [2.24, 2.45) is 0 Å². The second-order valence-corrected chi connectivity index (χ2v) is 6.91. The highest BCUT2D eigenvalue weighted by molar-refractivity contribution is 6.30. The summed E-state index contributed by atoms with van der Waals surface area (Å²) in [5.74, 6) is 1.50. The monoisotopic (exact) mass is 367 g/mol. The van der Waals surface area contributed by atoms with Crippen molar-refractivity contribution >= 4 is 23.2 Å². The van der Waals surface area contributed by atoms with Crippen molar-refractivity contribution in [2.45, 2.75) is 31.6 Å². The molecule has 26 heavy (non-hydrogen) atoms. The maximum atomic E-state index is 12.3. The predicted octanol–water partition coefficient (Wildman–Crippen LogP) is 5.30. The maximum Gasteiger partial charge on any atom is 0.255 e. The van der Waals surface area contributed by atoms with Crippen LogP contribution in [-0.2, 0) is 0 Å². The molecule has 0 spiro atoms. The summed E-state index contributed by atoms with van der Waals surface area (Å²) in [7, 11) is 0. The van der Waals surface area contributed by atoms with E-state index in [2.05, 4.69) is 15.5 Å². The van der Waals surface area contributed by atoms with Crippen LogP contribution < -0.4 is 5.32 Å². The summed E-state index contributed by atoms with van der Waals surface area (Å²) in [5, 5.41) is 7.55. The van der Waals surface area contributed by atoms with Gasteiger partial charge in [-0.3, -0.25) is 4.79 Å².